The Hall–Kier alpha value is -2.60. The number of fused-ring (bicyclic) bond motifs is 1. The molecule has 3 N–H and O–H groups in total. The fraction of sp³-hybridized carbons (Fsp3) is 0.368. The Balaban J connectivity index is 1.46. The van der Waals surface area contributed by atoms with E-state index in [1.165, 1.54) is 6.26 Å². The molecule has 6 nitrogen and oxygen atoms in total. The molecule has 4 rings (SSSR count). The Kier molecular flexibility index (Phi) is 4.05. The van der Waals surface area contributed by atoms with E-state index >= 15 is 0 Å². The lowest BCUT2D eigenvalue weighted by molar-refractivity contribution is 0.0779. The minimum absolute atomic E-state index is 0.00398. The summed E-state index contributed by atoms with van der Waals surface area (Å²) in [6, 6.07) is 10.5. The normalized spacial score (nSPS) is 25.0. The van der Waals surface area contributed by atoms with Gasteiger partial charge in [0.05, 0.1) is 6.26 Å². The van der Waals surface area contributed by atoms with Crippen LogP contribution in [0.15, 0.2) is 47.1 Å². The van der Waals surface area contributed by atoms with E-state index in [4.69, 9.17) is 10.2 Å². The van der Waals surface area contributed by atoms with Crippen molar-refractivity contribution in [3.8, 4) is 0 Å². The number of anilines is 1. The van der Waals surface area contributed by atoms with Crippen LogP contribution in [0, 0.1) is 11.8 Å². The Morgan fingerprint density at radius 2 is 2.04 bits per heavy atom. The summed E-state index contributed by atoms with van der Waals surface area (Å²) in [6.45, 7) is 1.51. The second kappa shape index (κ2) is 6.37. The summed E-state index contributed by atoms with van der Waals surface area (Å²) in [5.74, 6) is 0.844. The number of likely N-dealkylation sites (tertiary alicyclic amines) is 1. The maximum atomic E-state index is 12.8. The van der Waals surface area contributed by atoms with Crippen molar-refractivity contribution in [2.75, 3.05) is 18.4 Å². The summed E-state index contributed by atoms with van der Waals surface area (Å²) in [7, 11) is 0. The topological polar surface area (TPSA) is 88.6 Å². The number of nitrogens with one attached hydrogen (secondary N) is 1. The van der Waals surface area contributed by atoms with Crippen molar-refractivity contribution in [2.45, 2.75) is 18.9 Å². The van der Waals surface area contributed by atoms with Gasteiger partial charge in [0.2, 0.25) is 0 Å². The first-order chi connectivity index (χ1) is 12.1. The highest BCUT2D eigenvalue weighted by atomic mass is 16.3. The van der Waals surface area contributed by atoms with E-state index in [-0.39, 0.29) is 23.6 Å². The lowest BCUT2D eigenvalue weighted by atomic mass is 9.98. The predicted molar refractivity (Wildman–Crippen MR) is 93.2 cm³/mol. The third-order valence-corrected chi connectivity index (χ3v) is 5.31. The van der Waals surface area contributed by atoms with Gasteiger partial charge in [0.15, 0.2) is 5.76 Å². The Morgan fingerprint density at radius 1 is 1.16 bits per heavy atom. The van der Waals surface area contributed by atoms with Crippen LogP contribution in [-0.2, 0) is 0 Å². The fourth-order valence-corrected chi connectivity index (χ4v) is 3.99. The number of amides is 2. The molecule has 1 aromatic heterocycles. The minimum Gasteiger partial charge on any atom is -0.459 e. The summed E-state index contributed by atoms with van der Waals surface area (Å²) >= 11 is 0. The molecule has 1 aromatic carbocycles. The van der Waals surface area contributed by atoms with Crippen LogP contribution in [0.3, 0.4) is 0 Å². The molecule has 2 aliphatic rings. The van der Waals surface area contributed by atoms with E-state index in [1.54, 1.807) is 36.4 Å². The number of carbonyl (C=O) groups is 2. The zero-order chi connectivity index (χ0) is 17.4. The van der Waals surface area contributed by atoms with Gasteiger partial charge in [-0.05, 0) is 55.0 Å². The average molecular weight is 339 g/mol. The molecule has 0 spiro atoms. The van der Waals surface area contributed by atoms with Crippen molar-refractivity contribution >= 4 is 17.5 Å². The molecular formula is C19H21N3O3. The highest BCUT2D eigenvalue weighted by molar-refractivity contribution is 6.03. The zero-order valence-corrected chi connectivity index (χ0v) is 13.9. The monoisotopic (exact) mass is 339 g/mol. The third kappa shape index (κ3) is 3.05. The molecule has 1 saturated carbocycles. The summed E-state index contributed by atoms with van der Waals surface area (Å²) < 4.78 is 5.08. The fourth-order valence-electron chi connectivity index (χ4n) is 3.99. The van der Waals surface area contributed by atoms with Gasteiger partial charge in [-0.3, -0.25) is 9.59 Å². The van der Waals surface area contributed by atoms with E-state index in [9.17, 15) is 9.59 Å². The van der Waals surface area contributed by atoms with Gasteiger partial charge in [-0.25, -0.2) is 0 Å². The molecule has 1 aliphatic heterocycles. The molecular weight excluding hydrogens is 318 g/mol. The first-order valence-electron chi connectivity index (χ1n) is 8.61. The number of carbonyl (C=O) groups excluding carboxylic acids is 2. The number of benzene rings is 1. The summed E-state index contributed by atoms with van der Waals surface area (Å²) in [5.41, 5.74) is 7.30. The molecule has 2 fully saturated rings. The van der Waals surface area contributed by atoms with Gasteiger partial charge in [0, 0.05) is 30.4 Å². The second-order valence-corrected chi connectivity index (χ2v) is 6.89. The van der Waals surface area contributed by atoms with Crippen molar-refractivity contribution in [1.82, 2.24) is 4.90 Å². The number of hydrogen-bond donors (Lipinski definition) is 2. The van der Waals surface area contributed by atoms with Crippen LogP contribution in [0.25, 0.3) is 0 Å². The molecule has 1 aliphatic carbocycles. The van der Waals surface area contributed by atoms with Crippen molar-refractivity contribution in [3.05, 3.63) is 54.0 Å². The second-order valence-electron chi connectivity index (χ2n) is 6.89. The van der Waals surface area contributed by atoms with Gasteiger partial charge in [-0.1, -0.05) is 6.07 Å². The highest BCUT2D eigenvalue weighted by Gasteiger charge is 2.42. The molecule has 3 unspecified atom stereocenters. The minimum atomic E-state index is -0.337. The molecule has 6 heteroatoms. The average Bonchev–Trinajstić information content (AvgIpc) is 3.33. The summed E-state index contributed by atoms with van der Waals surface area (Å²) in [6.07, 6.45) is 3.62. The van der Waals surface area contributed by atoms with Gasteiger partial charge in [0.1, 0.15) is 0 Å². The van der Waals surface area contributed by atoms with Crippen LogP contribution in [0.1, 0.15) is 33.8 Å². The maximum absolute atomic E-state index is 12.8. The SMILES string of the molecule is NC1CCC2CN(C(=O)c3cccc(NC(=O)c4ccco4)c3)CC12. The van der Waals surface area contributed by atoms with Crippen molar-refractivity contribution in [3.63, 3.8) is 0 Å². The van der Waals surface area contributed by atoms with Crippen LogP contribution in [0.4, 0.5) is 5.69 Å². The van der Waals surface area contributed by atoms with Gasteiger partial charge in [-0.15, -0.1) is 0 Å². The van der Waals surface area contributed by atoms with Crippen molar-refractivity contribution in [2.24, 2.45) is 17.6 Å². The molecule has 0 bridgehead atoms. The van der Waals surface area contributed by atoms with Crippen molar-refractivity contribution < 1.29 is 14.0 Å². The van der Waals surface area contributed by atoms with E-state index in [2.05, 4.69) is 5.32 Å². The smallest absolute Gasteiger partial charge is 0.291 e. The van der Waals surface area contributed by atoms with E-state index < -0.39 is 0 Å². The Bertz CT molecular complexity index is 787. The molecule has 3 atom stereocenters. The van der Waals surface area contributed by atoms with Crippen LogP contribution in [0.2, 0.25) is 0 Å². The van der Waals surface area contributed by atoms with E-state index in [0.717, 1.165) is 25.9 Å². The van der Waals surface area contributed by atoms with Gasteiger partial charge >= 0.3 is 0 Å². The Morgan fingerprint density at radius 3 is 2.80 bits per heavy atom. The van der Waals surface area contributed by atoms with Gasteiger partial charge in [-0.2, -0.15) is 0 Å². The van der Waals surface area contributed by atoms with Crippen LogP contribution >= 0.6 is 0 Å². The van der Waals surface area contributed by atoms with Crippen molar-refractivity contribution in [1.29, 1.82) is 0 Å². The molecule has 2 amide bonds. The molecule has 2 heterocycles. The first kappa shape index (κ1) is 15.9. The van der Waals surface area contributed by atoms with Crippen LogP contribution in [0.5, 0.6) is 0 Å². The lowest BCUT2D eigenvalue weighted by Crippen LogP contribution is -2.33. The summed E-state index contributed by atoms with van der Waals surface area (Å²) in [5, 5.41) is 2.75. The quantitative estimate of drug-likeness (QED) is 0.898. The molecule has 2 aromatic rings. The lowest BCUT2D eigenvalue weighted by Gasteiger charge is -2.19. The highest BCUT2D eigenvalue weighted by Crippen LogP contribution is 2.37. The number of rotatable bonds is 3. The summed E-state index contributed by atoms with van der Waals surface area (Å²) in [4.78, 5) is 26.8. The molecule has 25 heavy (non-hydrogen) atoms. The maximum Gasteiger partial charge on any atom is 0.291 e. The number of furan rings is 1. The van der Waals surface area contributed by atoms with Crippen LogP contribution in [-0.4, -0.2) is 35.8 Å². The number of nitrogens with zero attached hydrogens (tertiary/aromatic N) is 1. The largest absolute Gasteiger partial charge is 0.459 e. The molecule has 130 valence electrons. The number of nitrogens with two attached hydrogens (primary N) is 1. The predicted octanol–water partition coefficient (Wildman–Crippen LogP) is 2.34. The first-order valence-corrected chi connectivity index (χ1v) is 8.61. The van der Waals surface area contributed by atoms with Crippen LogP contribution < -0.4 is 11.1 Å². The third-order valence-electron chi connectivity index (χ3n) is 5.31. The zero-order valence-electron chi connectivity index (χ0n) is 13.9. The van der Waals surface area contributed by atoms with E-state index in [0.29, 0.717) is 23.1 Å². The Labute approximate surface area is 146 Å². The van der Waals surface area contributed by atoms with Gasteiger partial charge < -0.3 is 20.4 Å². The van der Waals surface area contributed by atoms with Gasteiger partial charge in [0.25, 0.3) is 11.8 Å². The molecule has 1 saturated heterocycles. The molecule has 0 radical (unpaired) electrons. The van der Waals surface area contributed by atoms with E-state index in [1.807, 2.05) is 4.90 Å². The standard InChI is InChI=1S/C19H21N3O3/c20-16-7-6-13-10-22(11-15(13)16)19(24)12-3-1-4-14(9-12)21-18(23)17-5-2-8-25-17/h1-5,8-9,13,15-16H,6-7,10-11,20H2,(H,21,23). The number of hydrogen-bond acceptors (Lipinski definition) is 4.